The quantitative estimate of drug-likeness (QED) is 0.590. The van der Waals surface area contributed by atoms with Gasteiger partial charge in [-0.1, -0.05) is 60.7 Å². The second-order valence-corrected chi connectivity index (χ2v) is 7.05. The first kappa shape index (κ1) is 19.8. The van der Waals surface area contributed by atoms with Crippen LogP contribution < -0.4 is 0 Å². The maximum Gasteiger partial charge on any atom is 0.342 e. The van der Waals surface area contributed by atoms with E-state index in [1.807, 2.05) is 48.5 Å². The minimum Gasteiger partial charge on any atom is -0.444 e. The SMILES string of the molecule is O=C(O[C@H](C(=O)N1CCOCC1)c1ccccc1)c1cnn(Cc2ccccc2)c1. The first-order valence-electron chi connectivity index (χ1n) is 9.89. The molecular weight excluding hydrogens is 382 g/mol. The van der Waals surface area contributed by atoms with Gasteiger partial charge in [-0.05, 0) is 5.56 Å². The Morgan fingerprint density at radius 1 is 1.00 bits per heavy atom. The van der Waals surface area contributed by atoms with E-state index in [0.717, 1.165) is 5.56 Å². The molecule has 0 radical (unpaired) electrons. The average molecular weight is 405 g/mol. The zero-order valence-electron chi connectivity index (χ0n) is 16.5. The fourth-order valence-corrected chi connectivity index (χ4v) is 3.34. The molecule has 2 heterocycles. The van der Waals surface area contributed by atoms with Crippen LogP contribution in [0.4, 0.5) is 0 Å². The number of morpholine rings is 1. The summed E-state index contributed by atoms with van der Waals surface area (Å²) in [6.45, 7) is 2.47. The third kappa shape index (κ3) is 4.75. The Balaban J connectivity index is 1.50. The lowest BCUT2D eigenvalue weighted by atomic mass is 10.1. The topological polar surface area (TPSA) is 73.7 Å². The van der Waals surface area contributed by atoms with Gasteiger partial charge in [0.1, 0.15) is 0 Å². The molecule has 1 atom stereocenters. The van der Waals surface area contributed by atoms with Crippen molar-refractivity contribution in [2.45, 2.75) is 12.6 Å². The predicted molar refractivity (Wildman–Crippen MR) is 110 cm³/mol. The minimum absolute atomic E-state index is 0.241. The third-order valence-corrected chi connectivity index (χ3v) is 4.93. The maximum absolute atomic E-state index is 13.1. The predicted octanol–water partition coefficient (Wildman–Crippen LogP) is 2.69. The number of carbonyl (C=O) groups excluding carboxylic acids is 2. The summed E-state index contributed by atoms with van der Waals surface area (Å²) in [5, 5.41) is 4.25. The van der Waals surface area contributed by atoms with E-state index in [9.17, 15) is 9.59 Å². The average Bonchev–Trinajstić information content (AvgIpc) is 3.27. The fourth-order valence-electron chi connectivity index (χ4n) is 3.34. The fraction of sp³-hybridized carbons (Fsp3) is 0.261. The molecule has 30 heavy (non-hydrogen) atoms. The van der Waals surface area contributed by atoms with Crippen molar-refractivity contribution in [3.05, 3.63) is 89.7 Å². The van der Waals surface area contributed by atoms with Crippen molar-refractivity contribution in [2.75, 3.05) is 26.3 Å². The highest BCUT2D eigenvalue weighted by molar-refractivity contribution is 5.92. The van der Waals surface area contributed by atoms with Gasteiger partial charge in [0.2, 0.25) is 6.10 Å². The molecule has 1 fully saturated rings. The smallest absolute Gasteiger partial charge is 0.342 e. The molecule has 1 aliphatic rings. The van der Waals surface area contributed by atoms with Crippen LogP contribution in [0, 0.1) is 0 Å². The molecule has 0 aliphatic carbocycles. The van der Waals surface area contributed by atoms with Crippen molar-refractivity contribution in [1.82, 2.24) is 14.7 Å². The summed E-state index contributed by atoms with van der Waals surface area (Å²) < 4.78 is 12.7. The van der Waals surface area contributed by atoms with E-state index in [2.05, 4.69) is 5.10 Å². The Hall–Kier alpha value is -3.45. The lowest BCUT2D eigenvalue weighted by Crippen LogP contribution is -2.44. The highest BCUT2D eigenvalue weighted by atomic mass is 16.5. The van der Waals surface area contributed by atoms with E-state index in [1.165, 1.54) is 6.20 Å². The minimum atomic E-state index is -1.01. The maximum atomic E-state index is 13.1. The number of esters is 1. The van der Waals surface area contributed by atoms with E-state index in [4.69, 9.17) is 9.47 Å². The molecule has 0 unspecified atom stereocenters. The molecule has 7 heteroatoms. The van der Waals surface area contributed by atoms with Crippen LogP contribution in [0.15, 0.2) is 73.1 Å². The lowest BCUT2D eigenvalue weighted by Gasteiger charge is -2.30. The zero-order valence-corrected chi connectivity index (χ0v) is 16.5. The largest absolute Gasteiger partial charge is 0.444 e. The van der Waals surface area contributed by atoms with Crippen LogP contribution in [-0.4, -0.2) is 52.9 Å². The van der Waals surface area contributed by atoms with Gasteiger partial charge in [0, 0.05) is 24.8 Å². The molecule has 7 nitrogen and oxygen atoms in total. The molecular formula is C23H23N3O4. The third-order valence-electron chi connectivity index (χ3n) is 4.93. The number of hydrogen-bond acceptors (Lipinski definition) is 5. The summed E-state index contributed by atoms with van der Waals surface area (Å²) >= 11 is 0. The van der Waals surface area contributed by atoms with Crippen LogP contribution >= 0.6 is 0 Å². The molecule has 1 saturated heterocycles. The molecule has 0 saturated carbocycles. The Kier molecular flexibility index (Phi) is 6.20. The summed E-state index contributed by atoms with van der Waals surface area (Å²) in [4.78, 5) is 27.6. The molecule has 2 aromatic carbocycles. The molecule has 1 amide bonds. The summed E-state index contributed by atoms with van der Waals surface area (Å²) in [6.07, 6.45) is 2.10. The van der Waals surface area contributed by atoms with E-state index in [0.29, 0.717) is 44.0 Å². The van der Waals surface area contributed by atoms with Crippen molar-refractivity contribution in [2.24, 2.45) is 0 Å². The number of carbonyl (C=O) groups is 2. The second-order valence-electron chi connectivity index (χ2n) is 7.05. The number of amides is 1. The van der Waals surface area contributed by atoms with Crippen molar-refractivity contribution in [3.63, 3.8) is 0 Å². The Morgan fingerprint density at radius 2 is 1.67 bits per heavy atom. The van der Waals surface area contributed by atoms with Gasteiger partial charge in [0.05, 0.1) is 31.5 Å². The van der Waals surface area contributed by atoms with Crippen molar-refractivity contribution in [3.8, 4) is 0 Å². The number of hydrogen-bond donors (Lipinski definition) is 0. The zero-order chi connectivity index (χ0) is 20.8. The van der Waals surface area contributed by atoms with Crippen molar-refractivity contribution in [1.29, 1.82) is 0 Å². The summed E-state index contributed by atoms with van der Waals surface area (Å²) in [7, 11) is 0. The monoisotopic (exact) mass is 405 g/mol. The lowest BCUT2D eigenvalue weighted by molar-refractivity contribution is -0.145. The highest BCUT2D eigenvalue weighted by Crippen LogP contribution is 2.22. The van der Waals surface area contributed by atoms with E-state index >= 15 is 0 Å². The van der Waals surface area contributed by atoms with Crippen LogP contribution in [0.2, 0.25) is 0 Å². The molecule has 1 aliphatic heterocycles. The molecule has 0 bridgehead atoms. The molecule has 0 N–H and O–H groups in total. The molecule has 154 valence electrons. The Labute approximate surface area is 174 Å². The van der Waals surface area contributed by atoms with Gasteiger partial charge in [0.25, 0.3) is 5.91 Å². The van der Waals surface area contributed by atoms with Gasteiger partial charge < -0.3 is 14.4 Å². The Morgan fingerprint density at radius 3 is 2.37 bits per heavy atom. The van der Waals surface area contributed by atoms with Gasteiger partial charge in [-0.25, -0.2) is 4.79 Å². The van der Waals surface area contributed by atoms with Gasteiger partial charge in [0.15, 0.2) is 0 Å². The van der Waals surface area contributed by atoms with E-state index in [1.54, 1.807) is 27.9 Å². The van der Waals surface area contributed by atoms with Gasteiger partial charge in [-0.3, -0.25) is 9.48 Å². The van der Waals surface area contributed by atoms with E-state index in [-0.39, 0.29) is 5.91 Å². The van der Waals surface area contributed by atoms with E-state index < -0.39 is 12.1 Å². The van der Waals surface area contributed by atoms with Crippen LogP contribution in [0.25, 0.3) is 0 Å². The number of ether oxygens (including phenoxy) is 2. The summed E-state index contributed by atoms with van der Waals surface area (Å²) in [5.41, 5.74) is 2.02. The van der Waals surface area contributed by atoms with Crippen LogP contribution in [0.5, 0.6) is 0 Å². The molecule has 1 aromatic heterocycles. The van der Waals surface area contributed by atoms with Crippen LogP contribution in [-0.2, 0) is 20.8 Å². The number of nitrogens with zero attached hydrogens (tertiary/aromatic N) is 3. The first-order chi connectivity index (χ1) is 14.7. The van der Waals surface area contributed by atoms with Gasteiger partial charge >= 0.3 is 5.97 Å². The number of rotatable bonds is 6. The normalized spacial score (nSPS) is 14.9. The first-order valence-corrected chi connectivity index (χ1v) is 9.89. The standard InChI is InChI=1S/C23H23N3O4/c27-22(25-11-13-29-14-12-25)21(19-9-5-2-6-10-19)30-23(28)20-15-24-26(17-20)16-18-7-3-1-4-8-18/h1-10,15,17,21H,11-14,16H2/t21-/m0/s1. The van der Waals surface area contributed by atoms with Crippen LogP contribution in [0.1, 0.15) is 27.6 Å². The second kappa shape index (κ2) is 9.37. The van der Waals surface area contributed by atoms with Crippen molar-refractivity contribution < 1.29 is 19.1 Å². The van der Waals surface area contributed by atoms with Crippen LogP contribution in [0.3, 0.4) is 0 Å². The van der Waals surface area contributed by atoms with Gasteiger partial charge in [-0.2, -0.15) is 5.10 Å². The van der Waals surface area contributed by atoms with Gasteiger partial charge in [-0.15, -0.1) is 0 Å². The summed E-state index contributed by atoms with van der Waals surface area (Å²) in [6, 6.07) is 18.9. The van der Waals surface area contributed by atoms with Crippen molar-refractivity contribution >= 4 is 11.9 Å². The highest BCUT2D eigenvalue weighted by Gasteiger charge is 2.31. The number of aromatic nitrogens is 2. The molecule has 0 spiro atoms. The molecule has 4 rings (SSSR count). The molecule has 3 aromatic rings. The Bertz CT molecular complexity index is 982. The summed E-state index contributed by atoms with van der Waals surface area (Å²) in [5.74, 6) is -0.820. The number of benzene rings is 2.